The maximum absolute atomic E-state index is 10.3. The number of fused-ring (bicyclic) bond motifs is 1. The van der Waals surface area contributed by atoms with Gasteiger partial charge in [-0.25, -0.2) is 0 Å². The molecule has 2 aromatic carbocycles. The van der Waals surface area contributed by atoms with Gasteiger partial charge in [0.05, 0.1) is 33.0 Å². The van der Waals surface area contributed by atoms with Gasteiger partial charge in [0.2, 0.25) is 0 Å². The third-order valence-corrected chi connectivity index (χ3v) is 6.76. The summed E-state index contributed by atoms with van der Waals surface area (Å²) in [4.78, 5) is 0. The lowest BCUT2D eigenvalue weighted by atomic mass is 9.85. The monoisotopic (exact) mass is 428 g/mol. The maximum atomic E-state index is 10.3. The topological polar surface area (TPSA) is 88.4 Å². The molecular weight excluding hydrogens is 396 g/mol. The van der Waals surface area contributed by atoms with Gasteiger partial charge >= 0.3 is 0 Å². The molecule has 0 spiro atoms. The molecular formula is C25H32O6. The number of ether oxygens (including phenoxy) is 3. The average Bonchev–Trinajstić information content (AvgIpc) is 3.28. The quantitative estimate of drug-likeness (QED) is 0.656. The normalized spacial score (nSPS) is 25.4. The van der Waals surface area contributed by atoms with E-state index in [1.807, 2.05) is 12.1 Å². The molecule has 1 aliphatic carbocycles. The molecule has 0 amide bonds. The molecule has 31 heavy (non-hydrogen) atoms. The number of benzene rings is 2. The molecule has 168 valence electrons. The second-order valence-corrected chi connectivity index (χ2v) is 8.57. The molecule has 4 rings (SSSR count). The van der Waals surface area contributed by atoms with E-state index in [-0.39, 0.29) is 12.7 Å². The molecule has 1 aliphatic heterocycles. The summed E-state index contributed by atoms with van der Waals surface area (Å²) in [7, 11) is 3.27. The molecule has 1 heterocycles. The van der Waals surface area contributed by atoms with Crippen molar-refractivity contribution in [2.75, 3.05) is 20.8 Å². The van der Waals surface area contributed by atoms with Gasteiger partial charge in [0.25, 0.3) is 0 Å². The zero-order chi connectivity index (χ0) is 22.1. The number of hydrogen-bond acceptors (Lipinski definition) is 6. The Morgan fingerprint density at radius 2 is 1.77 bits per heavy atom. The van der Waals surface area contributed by atoms with Crippen LogP contribution in [0.4, 0.5) is 0 Å². The minimum atomic E-state index is -1.07. The fraction of sp³-hybridized carbons (Fsp3) is 0.520. The highest BCUT2D eigenvalue weighted by atomic mass is 16.5. The van der Waals surface area contributed by atoms with Crippen molar-refractivity contribution in [2.45, 2.75) is 63.4 Å². The van der Waals surface area contributed by atoms with Crippen LogP contribution in [-0.4, -0.2) is 54.5 Å². The SMILES string of the molecule is COc1ccc(Cc2cc([C@H]3C[C@@H](O)C(O)[C@@H](CO)O3)c(C)c3c2CCC3)cc1OC. The van der Waals surface area contributed by atoms with Crippen LogP contribution in [0.5, 0.6) is 11.5 Å². The molecule has 0 radical (unpaired) electrons. The molecule has 2 aliphatic rings. The van der Waals surface area contributed by atoms with Gasteiger partial charge in [-0.1, -0.05) is 12.1 Å². The van der Waals surface area contributed by atoms with Crippen molar-refractivity contribution in [3.8, 4) is 11.5 Å². The summed E-state index contributed by atoms with van der Waals surface area (Å²) in [6.45, 7) is 1.80. The Bertz CT molecular complexity index is 940. The molecule has 6 heteroatoms. The smallest absolute Gasteiger partial charge is 0.160 e. The summed E-state index contributed by atoms with van der Waals surface area (Å²) < 4.78 is 16.9. The Morgan fingerprint density at radius 3 is 2.48 bits per heavy atom. The number of aliphatic hydroxyl groups is 3. The molecule has 3 N–H and O–H groups in total. The molecule has 6 nitrogen and oxygen atoms in total. The first-order chi connectivity index (χ1) is 15.0. The van der Waals surface area contributed by atoms with Gasteiger partial charge in [-0.2, -0.15) is 0 Å². The van der Waals surface area contributed by atoms with Crippen molar-refractivity contribution in [1.82, 2.24) is 0 Å². The molecule has 1 unspecified atom stereocenters. The summed E-state index contributed by atoms with van der Waals surface area (Å²) in [6.07, 6.45) is 1.18. The first kappa shape index (κ1) is 22.1. The Balaban J connectivity index is 1.71. The van der Waals surface area contributed by atoms with Gasteiger partial charge in [0.1, 0.15) is 12.2 Å². The van der Waals surface area contributed by atoms with Gasteiger partial charge in [-0.05, 0) is 78.1 Å². The predicted octanol–water partition coefficient (Wildman–Crippen LogP) is 2.64. The summed E-state index contributed by atoms with van der Waals surface area (Å²) in [5.41, 5.74) is 7.41. The number of rotatable bonds is 6. The van der Waals surface area contributed by atoms with Crippen LogP contribution < -0.4 is 9.47 Å². The third kappa shape index (κ3) is 4.17. The molecule has 1 fully saturated rings. The van der Waals surface area contributed by atoms with Crippen LogP contribution in [0.25, 0.3) is 0 Å². The number of aliphatic hydroxyl groups excluding tert-OH is 3. The van der Waals surface area contributed by atoms with E-state index in [9.17, 15) is 15.3 Å². The molecule has 0 aromatic heterocycles. The van der Waals surface area contributed by atoms with Crippen molar-refractivity contribution in [1.29, 1.82) is 0 Å². The second-order valence-electron chi connectivity index (χ2n) is 8.57. The number of methoxy groups -OCH3 is 2. The van der Waals surface area contributed by atoms with Crippen LogP contribution in [0, 0.1) is 6.92 Å². The van der Waals surface area contributed by atoms with E-state index in [1.54, 1.807) is 14.2 Å². The second kappa shape index (κ2) is 9.17. The van der Waals surface area contributed by atoms with E-state index >= 15 is 0 Å². The number of hydrogen-bond donors (Lipinski definition) is 3. The van der Waals surface area contributed by atoms with Crippen molar-refractivity contribution in [3.63, 3.8) is 0 Å². The van der Waals surface area contributed by atoms with Crippen molar-refractivity contribution in [3.05, 3.63) is 57.6 Å². The van der Waals surface area contributed by atoms with Crippen LogP contribution >= 0.6 is 0 Å². The van der Waals surface area contributed by atoms with Crippen molar-refractivity contribution in [2.24, 2.45) is 0 Å². The minimum Gasteiger partial charge on any atom is -0.493 e. The fourth-order valence-electron chi connectivity index (χ4n) is 5.08. The average molecular weight is 429 g/mol. The summed E-state index contributed by atoms with van der Waals surface area (Å²) in [5.74, 6) is 1.42. The van der Waals surface area contributed by atoms with Gasteiger partial charge in [0.15, 0.2) is 11.5 Å². The van der Waals surface area contributed by atoms with Gasteiger partial charge in [-0.15, -0.1) is 0 Å². The first-order valence-corrected chi connectivity index (χ1v) is 10.9. The van der Waals surface area contributed by atoms with Crippen LogP contribution in [0.2, 0.25) is 0 Å². The zero-order valence-corrected chi connectivity index (χ0v) is 18.4. The van der Waals surface area contributed by atoms with Crippen LogP contribution in [0.1, 0.15) is 52.3 Å². The van der Waals surface area contributed by atoms with Gasteiger partial charge in [-0.3, -0.25) is 0 Å². The van der Waals surface area contributed by atoms with Crippen molar-refractivity contribution >= 4 is 0 Å². The van der Waals surface area contributed by atoms with E-state index in [4.69, 9.17) is 14.2 Å². The molecule has 2 aromatic rings. The lowest BCUT2D eigenvalue weighted by molar-refractivity contribution is -0.181. The van der Waals surface area contributed by atoms with E-state index in [1.165, 1.54) is 22.3 Å². The van der Waals surface area contributed by atoms with Crippen LogP contribution in [-0.2, 0) is 24.0 Å². The maximum Gasteiger partial charge on any atom is 0.160 e. The Morgan fingerprint density at radius 1 is 1.03 bits per heavy atom. The van der Waals surface area contributed by atoms with Gasteiger partial charge < -0.3 is 29.5 Å². The molecule has 4 atom stereocenters. The predicted molar refractivity (Wildman–Crippen MR) is 117 cm³/mol. The lowest BCUT2D eigenvalue weighted by Crippen LogP contribution is -2.47. The van der Waals surface area contributed by atoms with Gasteiger partial charge in [0, 0.05) is 6.42 Å². The van der Waals surface area contributed by atoms with E-state index < -0.39 is 18.3 Å². The Labute approximate surface area is 183 Å². The highest BCUT2D eigenvalue weighted by molar-refractivity contribution is 5.51. The van der Waals surface area contributed by atoms with E-state index in [0.717, 1.165) is 36.8 Å². The van der Waals surface area contributed by atoms with Crippen LogP contribution in [0.15, 0.2) is 24.3 Å². The highest BCUT2D eigenvalue weighted by Gasteiger charge is 2.38. The lowest BCUT2D eigenvalue weighted by Gasteiger charge is -2.37. The Kier molecular flexibility index (Phi) is 6.53. The molecule has 0 bridgehead atoms. The summed E-state index contributed by atoms with van der Waals surface area (Å²) in [5, 5.41) is 30.0. The Hall–Kier alpha value is -2.12. The largest absolute Gasteiger partial charge is 0.493 e. The fourth-order valence-corrected chi connectivity index (χ4v) is 5.08. The standard InChI is InChI=1S/C25H32O6/c1-14-17-5-4-6-18(17)16(9-15-7-8-21(29-2)23(10-15)30-3)11-19(14)22-12-20(27)25(28)24(13-26)31-22/h7-8,10-11,20,22,24-28H,4-6,9,12-13H2,1-3H3/t20-,22-,24-,25?/m1/s1. The molecule has 1 saturated heterocycles. The van der Waals surface area contributed by atoms with Crippen LogP contribution in [0.3, 0.4) is 0 Å². The summed E-state index contributed by atoms with van der Waals surface area (Å²) in [6, 6.07) is 8.19. The minimum absolute atomic E-state index is 0.313. The van der Waals surface area contributed by atoms with E-state index in [0.29, 0.717) is 17.9 Å². The van der Waals surface area contributed by atoms with Crippen molar-refractivity contribution < 1.29 is 29.5 Å². The van der Waals surface area contributed by atoms with E-state index in [2.05, 4.69) is 19.1 Å². The molecule has 0 saturated carbocycles. The third-order valence-electron chi connectivity index (χ3n) is 6.76. The summed E-state index contributed by atoms with van der Waals surface area (Å²) >= 11 is 0. The highest BCUT2D eigenvalue weighted by Crippen LogP contribution is 2.40. The zero-order valence-electron chi connectivity index (χ0n) is 18.4. The first-order valence-electron chi connectivity index (χ1n) is 10.9.